The predicted molar refractivity (Wildman–Crippen MR) is 54.6 cm³/mol. The molecule has 0 bridgehead atoms. The van der Waals surface area contributed by atoms with Crippen LogP contribution in [0, 0.1) is 6.92 Å². The Bertz CT molecular complexity index is 543. The fraction of sp³-hybridized carbons (Fsp3) is 0.300. The molecule has 0 aliphatic rings. The van der Waals surface area contributed by atoms with Crippen molar-refractivity contribution < 1.29 is 23.6 Å². The minimum atomic E-state index is -1.03. The quantitative estimate of drug-likeness (QED) is 0.856. The first-order valence-corrected chi connectivity index (χ1v) is 4.78. The van der Waals surface area contributed by atoms with Crippen LogP contribution in [-0.4, -0.2) is 28.3 Å². The molecule has 2 aromatic rings. The lowest BCUT2D eigenvalue weighted by atomic mass is 10.2. The Morgan fingerprint density at radius 1 is 1.59 bits per heavy atom. The van der Waals surface area contributed by atoms with Gasteiger partial charge in [-0.1, -0.05) is 5.16 Å². The molecule has 0 aliphatic heterocycles. The van der Waals surface area contributed by atoms with Gasteiger partial charge in [-0.15, -0.1) is 0 Å². The van der Waals surface area contributed by atoms with Gasteiger partial charge in [0.05, 0.1) is 18.4 Å². The van der Waals surface area contributed by atoms with Crippen LogP contribution in [0.3, 0.4) is 0 Å². The summed E-state index contributed by atoms with van der Waals surface area (Å²) in [6.07, 6.45) is 1.09. The fourth-order valence-corrected chi connectivity index (χ4v) is 1.37. The minimum absolute atomic E-state index is 0.0740. The molecule has 0 saturated heterocycles. The lowest BCUT2D eigenvalue weighted by molar-refractivity contribution is -0.136. The van der Waals surface area contributed by atoms with Crippen LogP contribution >= 0.6 is 0 Å². The molecule has 90 valence electrons. The first-order chi connectivity index (χ1) is 8.11. The van der Waals surface area contributed by atoms with Gasteiger partial charge in [0.15, 0.2) is 0 Å². The van der Waals surface area contributed by atoms with Gasteiger partial charge in [-0.25, -0.2) is 0 Å². The summed E-state index contributed by atoms with van der Waals surface area (Å²) in [5.41, 5.74) is 1.20. The Balaban J connectivity index is 2.43. The van der Waals surface area contributed by atoms with Crippen molar-refractivity contribution in [3.05, 3.63) is 17.8 Å². The van der Waals surface area contributed by atoms with Crippen LogP contribution < -0.4 is 4.74 Å². The molecule has 0 atom stereocenters. The van der Waals surface area contributed by atoms with Crippen molar-refractivity contribution in [1.29, 1.82) is 0 Å². The summed E-state index contributed by atoms with van der Waals surface area (Å²) in [5.74, 6) is -0.414. The van der Waals surface area contributed by atoms with Crippen molar-refractivity contribution >= 4 is 5.97 Å². The molecule has 0 unspecified atom stereocenters. The molecule has 0 amide bonds. The summed E-state index contributed by atoms with van der Waals surface area (Å²) in [7, 11) is 1.43. The lowest BCUT2D eigenvalue weighted by Gasteiger charge is -1.95. The van der Waals surface area contributed by atoms with Crippen LogP contribution in [0.25, 0.3) is 11.3 Å². The third kappa shape index (κ3) is 2.12. The Morgan fingerprint density at radius 3 is 2.88 bits per heavy atom. The molecule has 0 radical (unpaired) electrons. The number of nitrogens with zero attached hydrogens (tertiary/aromatic N) is 2. The molecule has 0 fully saturated rings. The number of aliphatic carboxylic acids is 1. The van der Waals surface area contributed by atoms with Crippen LogP contribution in [-0.2, 0) is 11.2 Å². The van der Waals surface area contributed by atoms with E-state index in [0.717, 1.165) is 0 Å². The van der Waals surface area contributed by atoms with Crippen molar-refractivity contribution in [2.45, 2.75) is 13.3 Å². The Labute approximate surface area is 96.0 Å². The highest BCUT2D eigenvalue weighted by Gasteiger charge is 2.20. The van der Waals surface area contributed by atoms with Crippen LogP contribution in [0.5, 0.6) is 5.88 Å². The van der Waals surface area contributed by atoms with Gasteiger partial charge in [0.25, 0.3) is 5.88 Å². The van der Waals surface area contributed by atoms with Gasteiger partial charge in [0, 0.05) is 0 Å². The summed E-state index contributed by atoms with van der Waals surface area (Å²) < 4.78 is 15.1. The Hall–Kier alpha value is -2.31. The zero-order valence-corrected chi connectivity index (χ0v) is 9.26. The average Bonchev–Trinajstić information content (AvgIpc) is 2.83. The summed E-state index contributed by atoms with van der Waals surface area (Å²) in [6.45, 7) is 1.73. The molecule has 0 aliphatic carbocycles. The molecule has 2 rings (SSSR count). The monoisotopic (exact) mass is 238 g/mol. The maximum Gasteiger partial charge on any atom is 0.312 e. The number of ether oxygens (including phenoxy) is 1. The molecule has 7 nitrogen and oxygen atoms in total. The number of aryl methyl sites for hydroxylation is 1. The maximum absolute atomic E-state index is 10.6. The maximum atomic E-state index is 10.6. The minimum Gasteiger partial charge on any atom is -0.481 e. The molecule has 2 aromatic heterocycles. The molecule has 17 heavy (non-hydrogen) atoms. The van der Waals surface area contributed by atoms with E-state index in [4.69, 9.17) is 18.8 Å². The number of oxazole rings is 1. The SMILES string of the molecule is COc1nc(CC(=O)O)oc1-c1conc1C. The predicted octanol–water partition coefficient (Wildman–Crippen LogP) is 1.27. The van der Waals surface area contributed by atoms with E-state index in [9.17, 15) is 4.79 Å². The van der Waals surface area contributed by atoms with Gasteiger partial charge in [-0.3, -0.25) is 4.79 Å². The van der Waals surface area contributed by atoms with Crippen molar-refractivity contribution in [2.75, 3.05) is 7.11 Å². The van der Waals surface area contributed by atoms with Crippen molar-refractivity contribution in [2.24, 2.45) is 0 Å². The van der Waals surface area contributed by atoms with Gasteiger partial charge < -0.3 is 18.8 Å². The molecule has 1 N–H and O–H groups in total. The van der Waals surface area contributed by atoms with Gasteiger partial charge in [0.1, 0.15) is 12.7 Å². The third-order valence-corrected chi connectivity index (χ3v) is 2.13. The van der Waals surface area contributed by atoms with E-state index >= 15 is 0 Å². The Morgan fingerprint density at radius 2 is 2.35 bits per heavy atom. The standard InChI is InChI=1S/C10H10N2O5/c1-5-6(4-16-12-5)9-10(15-2)11-7(17-9)3-8(13)14/h4H,3H2,1-2H3,(H,13,14). The average molecular weight is 238 g/mol. The van der Waals surface area contributed by atoms with E-state index in [1.54, 1.807) is 6.92 Å². The van der Waals surface area contributed by atoms with E-state index in [-0.39, 0.29) is 18.2 Å². The van der Waals surface area contributed by atoms with Crippen LogP contribution in [0.4, 0.5) is 0 Å². The molecular formula is C10H10N2O5. The second-order valence-corrected chi connectivity index (χ2v) is 3.33. The number of aromatic nitrogens is 2. The van der Waals surface area contributed by atoms with Crippen molar-refractivity contribution in [3.8, 4) is 17.2 Å². The van der Waals surface area contributed by atoms with E-state index in [1.165, 1.54) is 13.4 Å². The third-order valence-electron chi connectivity index (χ3n) is 2.13. The number of methoxy groups -OCH3 is 1. The summed E-state index contributed by atoms with van der Waals surface area (Å²) in [6, 6.07) is 0. The van der Waals surface area contributed by atoms with Gasteiger partial charge in [0.2, 0.25) is 11.7 Å². The molecule has 0 saturated carbocycles. The molecule has 7 heteroatoms. The van der Waals surface area contributed by atoms with E-state index in [0.29, 0.717) is 17.0 Å². The summed E-state index contributed by atoms with van der Waals surface area (Å²) >= 11 is 0. The largest absolute Gasteiger partial charge is 0.481 e. The number of carbonyl (C=O) groups is 1. The molecule has 0 aromatic carbocycles. The summed E-state index contributed by atoms with van der Waals surface area (Å²) in [4.78, 5) is 14.5. The first-order valence-electron chi connectivity index (χ1n) is 4.78. The second-order valence-electron chi connectivity index (χ2n) is 3.33. The normalized spacial score (nSPS) is 10.5. The van der Waals surface area contributed by atoms with E-state index in [2.05, 4.69) is 10.1 Å². The highest BCUT2D eigenvalue weighted by molar-refractivity contribution is 5.70. The zero-order valence-electron chi connectivity index (χ0n) is 9.26. The first kappa shape index (κ1) is 11.2. The number of carboxylic acid groups (broad SMARTS) is 1. The number of carboxylic acids is 1. The van der Waals surface area contributed by atoms with Crippen molar-refractivity contribution in [3.63, 3.8) is 0 Å². The van der Waals surface area contributed by atoms with Crippen LogP contribution in [0.1, 0.15) is 11.6 Å². The van der Waals surface area contributed by atoms with Crippen LogP contribution in [0.2, 0.25) is 0 Å². The molecule has 0 spiro atoms. The number of hydrogen-bond donors (Lipinski definition) is 1. The lowest BCUT2D eigenvalue weighted by Crippen LogP contribution is -1.99. The number of rotatable bonds is 4. The van der Waals surface area contributed by atoms with E-state index < -0.39 is 5.97 Å². The van der Waals surface area contributed by atoms with Crippen LogP contribution in [0.15, 0.2) is 15.2 Å². The fourth-order valence-electron chi connectivity index (χ4n) is 1.37. The Kier molecular flexibility index (Phi) is 2.82. The van der Waals surface area contributed by atoms with Crippen molar-refractivity contribution in [1.82, 2.24) is 10.1 Å². The van der Waals surface area contributed by atoms with Gasteiger partial charge >= 0.3 is 5.97 Å². The van der Waals surface area contributed by atoms with Gasteiger partial charge in [-0.2, -0.15) is 4.98 Å². The highest BCUT2D eigenvalue weighted by atomic mass is 16.5. The molecule has 2 heterocycles. The van der Waals surface area contributed by atoms with E-state index in [1.807, 2.05) is 0 Å². The van der Waals surface area contributed by atoms with Gasteiger partial charge in [-0.05, 0) is 6.92 Å². The number of hydrogen-bond acceptors (Lipinski definition) is 6. The smallest absolute Gasteiger partial charge is 0.312 e. The summed E-state index contributed by atoms with van der Waals surface area (Å²) in [5, 5.41) is 12.4. The zero-order chi connectivity index (χ0) is 12.4. The second kappa shape index (κ2) is 4.28. The highest BCUT2D eigenvalue weighted by Crippen LogP contribution is 2.32. The topological polar surface area (TPSA) is 98.6 Å². The molecular weight excluding hydrogens is 228 g/mol.